The van der Waals surface area contributed by atoms with Gasteiger partial charge in [-0.1, -0.05) is 30.3 Å². The third kappa shape index (κ3) is 4.49. The number of nitrogens with zero attached hydrogens (tertiary/aromatic N) is 1. The Hall–Kier alpha value is -2.53. The summed E-state index contributed by atoms with van der Waals surface area (Å²) in [5.41, 5.74) is 1.60. The van der Waals surface area contributed by atoms with Gasteiger partial charge in [0.15, 0.2) is 11.5 Å². The molecule has 24 heavy (non-hydrogen) atoms. The van der Waals surface area contributed by atoms with E-state index in [1.54, 1.807) is 32.4 Å². The molecule has 5 nitrogen and oxygen atoms in total. The van der Waals surface area contributed by atoms with Gasteiger partial charge in [0.1, 0.15) is 0 Å². The molecule has 0 aliphatic rings. The highest BCUT2D eigenvalue weighted by Gasteiger charge is 2.17. The quantitative estimate of drug-likeness (QED) is 0.849. The fourth-order valence-corrected chi connectivity index (χ4v) is 2.50. The molecular formula is C19H24N2O3. The molecule has 0 radical (unpaired) electrons. The third-order valence-electron chi connectivity index (χ3n) is 3.70. The highest BCUT2D eigenvalue weighted by Crippen LogP contribution is 2.27. The second kappa shape index (κ2) is 8.36. The van der Waals surface area contributed by atoms with E-state index in [0.717, 1.165) is 5.56 Å². The number of ether oxygens (including phenoxy) is 2. The van der Waals surface area contributed by atoms with Crippen LogP contribution in [0.1, 0.15) is 22.0 Å². The summed E-state index contributed by atoms with van der Waals surface area (Å²) in [6.07, 6.45) is 0. The molecule has 1 atom stereocenters. The van der Waals surface area contributed by atoms with Crippen molar-refractivity contribution in [3.8, 4) is 11.5 Å². The fourth-order valence-electron chi connectivity index (χ4n) is 2.50. The molecule has 0 saturated heterocycles. The molecule has 1 unspecified atom stereocenters. The summed E-state index contributed by atoms with van der Waals surface area (Å²) in [4.78, 5) is 14.7. The van der Waals surface area contributed by atoms with Crippen molar-refractivity contribution in [2.75, 3.05) is 34.9 Å². The molecule has 2 rings (SSSR count). The molecule has 0 aromatic heterocycles. The van der Waals surface area contributed by atoms with E-state index in [2.05, 4.69) is 5.32 Å². The molecule has 1 amide bonds. The molecule has 128 valence electrons. The van der Waals surface area contributed by atoms with E-state index in [9.17, 15) is 4.79 Å². The number of likely N-dealkylation sites (N-methyl/N-ethyl adjacent to an activating group) is 1. The van der Waals surface area contributed by atoms with Gasteiger partial charge in [-0.05, 0) is 37.9 Å². The molecule has 0 bridgehead atoms. The van der Waals surface area contributed by atoms with Gasteiger partial charge in [0.05, 0.1) is 20.3 Å². The summed E-state index contributed by atoms with van der Waals surface area (Å²) < 4.78 is 10.5. The number of hydrogen-bond acceptors (Lipinski definition) is 4. The average Bonchev–Trinajstić information content (AvgIpc) is 2.60. The zero-order chi connectivity index (χ0) is 17.5. The van der Waals surface area contributed by atoms with Crippen LogP contribution in [-0.2, 0) is 0 Å². The predicted octanol–water partition coefficient (Wildman–Crippen LogP) is 2.74. The number of carbonyl (C=O) groups is 1. The van der Waals surface area contributed by atoms with Gasteiger partial charge in [-0.15, -0.1) is 0 Å². The number of rotatable bonds is 7. The molecular weight excluding hydrogens is 304 g/mol. The molecule has 2 aromatic rings. The van der Waals surface area contributed by atoms with Crippen molar-refractivity contribution in [1.29, 1.82) is 0 Å². The van der Waals surface area contributed by atoms with Crippen molar-refractivity contribution in [3.63, 3.8) is 0 Å². The molecule has 2 aromatic carbocycles. The number of carbonyl (C=O) groups excluding carboxylic acids is 1. The van der Waals surface area contributed by atoms with Gasteiger partial charge in [0.25, 0.3) is 5.91 Å². The van der Waals surface area contributed by atoms with E-state index in [0.29, 0.717) is 23.6 Å². The van der Waals surface area contributed by atoms with Crippen molar-refractivity contribution in [2.24, 2.45) is 0 Å². The summed E-state index contributed by atoms with van der Waals surface area (Å²) in [5.74, 6) is 0.989. The zero-order valence-electron chi connectivity index (χ0n) is 14.6. The standard InChI is InChI=1S/C19H24N2O3/c1-21(2)13-16(14-8-6-5-7-9-14)20-19(22)15-10-11-17(23-3)18(12-15)24-4/h5-12,16H,13H2,1-4H3,(H,20,22). The fraction of sp³-hybridized carbons (Fsp3) is 0.316. The van der Waals surface area contributed by atoms with Gasteiger partial charge >= 0.3 is 0 Å². The Kier molecular flexibility index (Phi) is 6.21. The molecule has 5 heteroatoms. The van der Waals surface area contributed by atoms with Crippen LogP contribution in [0.5, 0.6) is 11.5 Å². The SMILES string of the molecule is COc1ccc(C(=O)NC(CN(C)C)c2ccccc2)cc1OC. The summed E-state index contributed by atoms with van der Waals surface area (Å²) in [5, 5.41) is 3.09. The second-order valence-corrected chi connectivity index (χ2v) is 5.77. The first kappa shape index (κ1) is 17.8. The van der Waals surface area contributed by atoms with Crippen molar-refractivity contribution >= 4 is 5.91 Å². The van der Waals surface area contributed by atoms with Crippen LogP contribution in [0.3, 0.4) is 0 Å². The molecule has 0 spiro atoms. The number of amides is 1. The van der Waals surface area contributed by atoms with Gasteiger partial charge in [0.2, 0.25) is 0 Å². The lowest BCUT2D eigenvalue weighted by Crippen LogP contribution is -2.35. The van der Waals surface area contributed by atoms with Gasteiger partial charge < -0.3 is 19.7 Å². The monoisotopic (exact) mass is 328 g/mol. The number of methoxy groups -OCH3 is 2. The maximum Gasteiger partial charge on any atom is 0.251 e. The molecule has 0 aliphatic heterocycles. The van der Waals surface area contributed by atoms with Crippen molar-refractivity contribution in [1.82, 2.24) is 10.2 Å². The largest absolute Gasteiger partial charge is 0.493 e. The van der Waals surface area contributed by atoms with Crippen LogP contribution in [0.4, 0.5) is 0 Å². The predicted molar refractivity (Wildman–Crippen MR) is 94.7 cm³/mol. The first-order valence-corrected chi connectivity index (χ1v) is 7.77. The first-order valence-electron chi connectivity index (χ1n) is 7.77. The first-order chi connectivity index (χ1) is 11.5. The van der Waals surface area contributed by atoms with Crippen LogP contribution in [0.2, 0.25) is 0 Å². The van der Waals surface area contributed by atoms with Crippen molar-refractivity contribution in [3.05, 3.63) is 59.7 Å². The molecule has 1 N–H and O–H groups in total. The van der Waals surface area contributed by atoms with Crippen LogP contribution < -0.4 is 14.8 Å². The molecule has 0 saturated carbocycles. The molecule has 0 aliphatic carbocycles. The minimum Gasteiger partial charge on any atom is -0.493 e. The average molecular weight is 328 g/mol. The zero-order valence-corrected chi connectivity index (χ0v) is 14.6. The minimum atomic E-state index is -0.147. The van der Waals surface area contributed by atoms with E-state index in [1.807, 2.05) is 49.3 Å². The molecule has 0 heterocycles. The van der Waals surface area contributed by atoms with Crippen LogP contribution >= 0.6 is 0 Å². The highest BCUT2D eigenvalue weighted by atomic mass is 16.5. The summed E-state index contributed by atoms with van der Waals surface area (Å²) in [7, 11) is 7.09. The normalized spacial score (nSPS) is 11.9. The minimum absolute atomic E-state index is 0.0956. The van der Waals surface area contributed by atoms with Gasteiger partial charge in [0, 0.05) is 12.1 Å². The third-order valence-corrected chi connectivity index (χ3v) is 3.70. The van der Waals surface area contributed by atoms with E-state index in [1.165, 1.54) is 0 Å². The Morgan fingerprint density at radius 2 is 1.71 bits per heavy atom. The number of nitrogens with one attached hydrogen (secondary N) is 1. The van der Waals surface area contributed by atoms with E-state index >= 15 is 0 Å². The smallest absolute Gasteiger partial charge is 0.251 e. The van der Waals surface area contributed by atoms with Crippen molar-refractivity contribution in [2.45, 2.75) is 6.04 Å². The Labute approximate surface area is 143 Å². The van der Waals surface area contributed by atoms with Gasteiger partial charge in [-0.25, -0.2) is 0 Å². The Morgan fingerprint density at radius 3 is 2.29 bits per heavy atom. The van der Waals surface area contributed by atoms with Crippen LogP contribution in [0.25, 0.3) is 0 Å². The Morgan fingerprint density at radius 1 is 1.04 bits per heavy atom. The summed E-state index contributed by atoms with van der Waals surface area (Å²) in [6, 6.07) is 15.0. The Balaban J connectivity index is 2.21. The number of benzene rings is 2. The van der Waals surface area contributed by atoms with Crippen LogP contribution in [0, 0.1) is 0 Å². The van der Waals surface area contributed by atoms with Crippen LogP contribution in [0.15, 0.2) is 48.5 Å². The second-order valence-electron chi connectivity index (χ2n) is 5.77. The van der Waals surface area contributed by atoms with E-state index < -0.39 is 0 Å². The lowest BCUT2D eigenvalue weighted by atomic mass is 10.1. The lowest BCUT2D eigenvalue weighted by molar-refractivity contribution is 0.0929. The van der Waals surface area contributed by atoms with E-state index in [-0.39, 0.29) is 11.9 Å². The maximum atomic E-state index is 12.7. The van der Waals surface area contributed by atoms with Crippen LogP contribution in [-0.4, -0.2) is 45.7 Å². The lowest BCUT2D eigenvalue weighted by Gasteiger charge is -2.23. The van der Waals surface area contributed by atoms with Gasteiger partial charge in [-0.2, -0.15) is 0 Å². The molecule has 0 fully saturated rings. The topological polar surface area (TPSA) is 50.8 Å². The Bertz CT molecular complexity index is 672. The van der Waals surface area contributed by atoms with Crippen molar-refractivity contribution < 1.29 is 14.3 Å². The summed E-state index contributed by atoms with van der Waals surface area (Å²) in [6.45, 7) is 0.711. The number of hydrogen-bond donors (Lipinski definition) is 1. The highest BCUT2D eigenvalue weighted by molar-refractivity contribution is 5.95. The summed E-state index contributed by atoms with van der Waals surface area (Å²) >= 11 is 0. The maximum absolute atomic E-state index is 12.7. The van der Waals surface area contributed by atoms with E-state index in [4.69, 9.17) is 9.47 Å². The van der Waals surface area contributed by atoms with Gasteiger partial charge in [-0.3, -0.25) is 4.79 Å².